The van der Waals surface area contributed by atoms with Gasteiger partial charge in [-0.05, 0) is 57.5 Å². The van der Waals surface area contributed by atoms with Gasteiger partial charge in [-0.1, -0.05) is 6.92 Å². The fraction of sp³-hybridized carbons (Fsp3) is 0.941. The van der Waals surface area contributed by atoms with Crippen LogP contribution < -0.4 is 5.32 Å². The van der Waals surface area contributed by atoms with E-state index in [2.05, 4.69) is 29.1 Å². The molecule has 0 saturated carbocycles. The molecule has 21 heavy (non-hydrogen) atoms. The highest BCUT2D eigenvalue weighted by Gasteiger charge is 2.35. The smallest absolute Gasteiger partial charge is 0.222 e. The van der Waals surface area contributed by atoms with Gasteiger partial charge in [0.15, 0.2) is 0 Å². The fourth-order valence-electron chi connectivity index (χ4n) is 4.50. The van der Waals surface area contributed by atoms with Gasteiger partial charge in [0, 0.05) is 38.1 Å². The van der Waals surface area contributed by atoms with Crippen molar-refractivity contribution in [3.05, 3.63) is 0 Å². The number of rotatable bonds is 5. The van der Waals surface area contributed by atoms with Crippen LogP contribution in [-0.2, 0) is 4.79 Å². The molecule has 0 aliphatic carbocycles. The Balaban J connectivity index is 1.44. The molecule has 4 heteroatoms. The van der Waals surface area contributed by atoms with Crippen molar-refractivity contribution in [1.29, 1.82) is 0 Å². The molecule has 4 nitrogen and oxygen atoms in total. The third-order valence-corrected chi connectivity index (χ3v) is 5.78. The van der Waals surface area contributed by atoms with E-state index in [1.165, 1.54) is 32.1 Å². The number of piperidine rings is 1. The van der Waals surface area contributed by atoms with E-state index in [0.717, 1.165) is 32.6 Å². The Hall–Kier alpha value is -0.610. The number of fused-ring (bicyclic) bond motifs is 2. The summed E-state index contributed by atoms with van der Waals surface area (Å²) in [6, 6.07) is 1.40. The first kappa shape index (κ1) is 15.3. The Labute approximate surface area is 129 Å². The molecule has 3 unspecified atom stereocenters. The highest BCUT2D eigenvalue weighted by molar-refractivity contribution is 5.76. The number of carbonyl (C=O) groups is 1. The average Bonchev–Trinajstić information content (AvgIpc) is 3.05. The summed E-state index contributed by atoms with van der Waals surface area (Å²) in [6.45, 7) is 6.41. The number of nitrogens with zero attached hydrogens (tertiary/aromatic N) is 2. The summed E-state index contributed by atoms with van der Waals surface area (Å²) in [6.07, 6.45) is 7.07. The number of likely N-dealkylation sites (tertiary alicyclic amines) is 1. The molecule has 3 aliphatic rings. The highest BCUT2D eigenvalue weighted by Crippen LogP contribution is 2.33. The van der Waals surface area contributed by atoms with Gasteiger partial charge in [-0.3, -0.25) is 4.79 Å². The van der Waals surface area contributed by atoms with Crippen LogP contribution in [0.3, 0.4) is 0 Å². The minimum atomic E-state index is 0.419. The molecule has 0 radical (unpaired) electrons. The van der Waals surface area contributed by atoms with Crippen molar-refractivity contribution >= 4 is 5.91 Å². The van der Waals surface area contributed by atoms with E-state index in [1.807, 2.05) is 0 Å². The van der Waals surface area contributed by atoms with Gasteiger partial charge in [-0.2, -0.15) is 0 Å². The molecule has 3 saturated heterocycles. The maximum absolute atomic E-state index is 12.5. The number of amides is 1. The molecular weight excluding hydrogens is 262 g/mol. The summed E-state index contributed by atoms with van der Waals surface area (Å²) in [5, 5.41) is 3.67. The van der Waals surface area contributed by atoms with Crippen LogP contribution in [0.25, 0.3) is 0 Å². The first-order chi connectivity index (χ1) is 10.1. The van der Waals surface area contributed by atoms with Crippen molar-refractivity contribution in [2.75, 3.05) is 33.2 Å². The van der Waals surface area contributed by atoms with E-state index in [1.54, 1.807) is 0 Å². The molecule has 3 rings (SSSR count). The maximum atomic E-state index is 12.5. The molecule has 2 bridgehead atoms. The summed E-state index contributed by atoms with van der Waals surface area (Å²) in [5.74, 6) is 1.74. The zero-order valence-corrected chi connectivity index (χ0v) is 13.7. The van der Waals surface area contributed by atoms with Gasteiger partial charge in [0.25, 0.3) is 0 Å². The van der Waals surface area contributed by atoms with Crippen molar-refractivity contribution < 1.29 is 4.79 Å². The van der Waals surface area contributed by atoms with Crippen molar-refractivity contribution in [3.63, 3.8) is 0 Å². The lowest BCUT2D eigenvalue weighted by Crippen LogP contribution is -2.40. The van der Waals surface area contributed by atoms with Crippen LogP contribution >= 0.6 is 0 Å². The standard InChI is InChI=1S/C17H31N3O/c1-3-19(2)11-13-6-7-20(12-13)17(21)10-14-8-15-4-5-16(9-14)18-15/h13-16,18H,3-12H2,1-2H3. The Morgan fingerprint density at radius 2 is 1.90 bits per heavy atom. The monoisotopic (exact) mass is 293 g/mol. The van der Waals surface area contributed by atoms with Crippen molar-refractivity contribution in [2.24, 2.45) is 11.8 Å². The topological polar surface area (TPSA) is 35.6 Å². The largest absolute Gasteiger partial charge is 0.342 e. The minimum Gasteiger partial charge on any atom is -0.342 e. The Morgan fingerprint density at radius 3 is 2.57 bits per heavy atom. The molecule has 3 atom stereocenters. The lowest BCUT2D eigenvalue weighted by molar-refractivity contribution is -0.131. The molecule has 1 amide bonds. The first-order valence-electron chi connectivity index (χ1n) is 8.86. The van der Waals surface area contributed by atoms with E-state index in [0.29, 0.717) is 29.8 Å². The van der Waals surface area contributed by atoms with E-state index in [9.17, 15) is 4.79 Å². The summed E-state index contributed by atoms with van der Waals surface area (Å²) in [7, 11) is 2.18. The normalized spacial score (nSPS) is 35.7. The maximum Gasteiger partial charge on any atom is 0.222 e. The molecule has 0 aromatic carbocycles. The second kappa shape index (κ2) is 6.66. The van der Waals surface area contributed by atoms with E-state index < -0.39 is 0 Å². The highest BCUT2D eigenvalue weighted by atomic mass is 16.2. The Bertz CT molecular complexity index is 361. The van der Waals surface area contributed by atoms with Crippen LogP contribution in [0.2, 0.25) is 0 Å². The van der Waals surface area contributed by atoms with Gasteiger partial charge in [0.1, 0.15) is 0 Å². The van der Waals surface area contributed by atoms with Gasteiger partial charge in [-0.15, -0.1) is 0 Å². The van der Waals surface area contributed by atoms with Gasteiger partial charge in [-0.25, -0.2) is 0 Å². The van der Waals surface area contributed by atoms with E-state index in [-0.39, 0.29) is 0 Å². The number of carbonyl (C=O) groups excluding carboxylic acids is 1. The lowest BCUT2D eigenvalue weighted by atomic mass is 9.89. The molecule has 120 valence electrons. The molecule has 1 N–H and O–H groups in total. The van der Waals surface area contributed by atoms with Crippen LogP contribution in [0.1, 0.15) is 45.4 Å². The van der Waals surface area contributed by atoms with Crippen LogP contribution in [0.4, 0.5) is 0 Å². The third kappa shape index (κ3) is 3.78. The van der Waals surface area contributed by atoms with Crippen molar-refractivity contribution in [1.82, 2.24) is 15.1 Å². The minimum absolute atomic E-state index is 0.419. The predicted molar refractivity (Wildman–Crippen MR) is 85.1 cm³/mol. The van der Waals surface area contributed by atoms with E-state index >= 15 is 0 Å². The quantitative estimate of drug-likeness (QED) is 0.838. The van der Waals surface area contributed by atoms with Gasteiger partial charge in [0.05, 0.1) is 0 Å². The molecule has 0 aromatic rings. The van der Waals surface area contributed by atoms with E-state index in [4.69, 9.17) is 0 Å². The van der Waals surface area contributed by atoms with Crippen molar-refractivity contribution in [2.45, 2.75) is 57.5 Å². The molecule has 0 aromatic heterocycles. The molecule has 0 spiro atoms. The van der Waals surface area contributed by atoms with Crippen LogP contribution in [0, 0.1) is 11.8 Å². The van der Waals surface area contributed by atoms with Crippen LogP contribution in [-0.4, -0.2) is 61.0 Å². The summed E-state index contributed by atoms with van der Waals surface area (Å²) in [4.78, 5) is 17.0. The SMILES string of the molecule is CCN(C)CC1CCN(C(=O)CC2CC3CCC(C2)N3)C1. The zero-order valence-electron chi connectivity index (χ0n) is 13.7. The first-order valence-corrected chi connectivity index (χ1v) is 8.86. The zero-order chi connectivity index (χ0) is 14.8. The van der Waals surface area contributed by atoms with Gasteiger partial charge < -0.3 is 15.1 Å². The van der Waals surface area contributed by atoms with Crippen LogP contribution in [0.15, 0.2) is 0 Å². The number of hydrogen-bond acceptors (Lipinski definition) is 3. The molecule has 3 fully saturated rings. The third-order valence-electron chi connectivity index (χ3n) is 5.78. The van der Waals surface area contributed by atoms with Gasteiger partial charge >= 0.3 is 0 Å². The number of hydrogen-bond donors (Lipinski definition) is 1. The predicted octanol–water partition coefficient (Wildman–Crippen LogP) is 1.71. The summed E-state index contributed by atoms with van der Waals surface area (Å²) >= 11 is 0. The second-order valence-electron chi connectivity index (χ2n) is 7.53. The average molecular weight is 293 g/mol. The second-order valence-corrected chi connectivity index (χ2v) is 7.53. The van der Waals surface area contributed by atoms with Crippen molar-refractivity contribution in [3.8, 4) is 0 Å². The number of nitrogens with one attached hydrogen (secondary N) is 1. The summed E-state index contributed by atoms with van der Waals surface area (Å²) in [5.41, 5.74) is 0. The molecular formula is C17H31N3O. The summed E-state index contributed by atoms with van der Waals surface area (Å²) < 4.78 is 0. The van der Waals surface area contributed by atoms with Gasteiger partial charge in [0.2, 0.25) is 5.91 Å². The lowest BCUT2D eigenvalue weighted by Gasteiger charge is -2.30. The fourth-order valence-corrected chi connectivity index (χ4v) is 4.50. The molecule has 3 heterocycles. The molecule has 3 aliphatic heterocycles. The van der Waals surface area contributed by atoms with Crippen LogP contribution in [0.5, 0.6) is 0 Å². The Morgan fingerprint density at radius 1 is 1.19 bits per heavy atom. The Kier molecular flexibility index (Phi) is 4.85.